The number of ether oxygens (including phenoxy) is 4. The third kappa shape index (κ3) is 8.37. The lowest BCUT2D eigenvalue weighted by atomic mass is 9.89. The maximum Gasteiger partial charge on any atom is 0.411 e. The summed E-state index contributed by atoms with van der Waals surface area (Å²) in [5, 5.41) is 0. The normalized spacial score (nSPS) is 15.3. The SMILES string of the molecule is CCOc1cc(OC)ccc1CN(CC(=O)N1CCCC(c2cccc(C(=O)OC)c2)C1)C(=O)OC(C)(C)C. The third-order valence-electron chi connectivity index (χ3n) is 6.47. The van der Waals surface area contributed by atoms with Crippen molar-refractivity contribution in [1.29, 1.82) is 0 Å². The van der Waals surface area contributed by atoms with E-state index in [4.69, 9.17) is 18.9 Å². The number of esters is 1. The highest BCUT2D eigenvalue weighted by molar-refractivity contribution is 5.89. The van der Waals surface area contributed by atoms with Gasteiger partial charge in [0.05, 0.1) is 32.9 Å². The van der Waals surface area contributed by atoms with Gasteiger partial charge in [-0.05, 0) is 70.4 Å². The lowest BCUT2D eigenvalue weighted by Gasteiger charge is -2.35. The van der Waals surface area contributed by atoms with Gasteiger partial charge in [0.15, 0.2) is 0 Å². The van der Waals surface area contributed by atoms with Crippen LogP contribution in [0.1, 0.15) is 67.9 Å². The molecule has 2 aromatic carbocycles. The minimum atomic E-state index is -0.720. The molecular weight excluding hydrogens is 500 g/mol. The molecule has 1 saturated heterocycles. The second-order valence-electron chi connectivity index (χ2n) is 10.5. The van der Waals surface area contributed by atoms with Crippen molar-refractivity contribution in [1.82, 2.24) is 9.80 Å². The number of carbonyl (C=O) groups excluding carboxylic acids is 3. The summed E-state index contributed by atoms with van der Waals surface area (Å²) in [5.74, 6) is 0.743. The molecule has 3 rings (SSSR count). The van der Waals surface area contributed by atoms with Crippen molar-refractivity contribution >= 4 is 18.0 Å². The van der Waals surface area contributed by atoms with Gasteiger partial charge in [0.25, 0.3) is 0 Å². The summed E-state index contributed by atoms with van der Waals surface area (Å²) >= 11 is 0. The van der Waals surface area contributed by atoms with Gasteiger partial charge in [0.2, 0.25) is 5.91 Å². The first kappa shape index (κ1) is 29.8. The average Bonchev–Trinajstić information content (AvgIpc) is 2.92. The van der Waals surface area contributed by atoms with Gasteiger partial charge in [0.1, 0.15) is 23.6 Å². The van der Waals surface area contributed by atoms with Gasteiger partial charge >= 0.3 is 12.1 Å². The predicted octanol–water partition coefficient (Wildman–Crippen LogP) is 5.02. The topological polar surface area (TPSA) is 94.6 Å². The minimum absolute atomic E-state index is 0.0772. The highest BCUT2D eigenvalue weighted by Gasteiger charge is 2.30. The Morgan fingerprint density at radius 2 is 1.85 bits per heavy atom. The number of benzene rings is 2. The first-order chi connectivity index (χ1) is 18.5. The molecule has 1 heterocycles. The Balaban J connectivity index is 1.79. The molecule has 0 bridgehead atoms. The molecule has 0 aliphatic carbocycles. The minimum Gasteiger partial charge on any atom is -0.497 e. The molecule has 0 aromatic heterocycles. The molecule has 1 aliphatic heterocycles. The maximum atomic E-state index is 13.5. The Hall–Kier alpha value is -3.75. The van der Waals surface area contributed by atoms with Gasteiger partial charge in [-0.3, -0.25) is 9.69 Å². The van der Waals surface area contributed by atoms with Crippen LogP contribution in [0.2, 0.25) is 0 Å². The first-order valence-electron chi connectivity index (χ1n) is 13.3. The molecule has 212 valence electrons. The van der Waals surface area contributed by atoms with Gasteiger partial charge < -0.3 is 23.8 Å². The fourth-order valence-electron chi connectivity index (χ4n) is 4.58. The Morgan fingerprint density at radius 3 is 2.51 bits per heavy atom. The number of rotatable bonds is 9. The molecule has 0 spiro atoms. The van der Waals surface area contributed by atoms with E-state index in [9.17, 15) is 14.4 Å². The van der Waals surface area contributed by atoms with E-state index in [0.717, 1.165) is 24.0 Å². The number of likely N-dealkylation sites (tertiary alicyclic amines) is 1. The fourth-order valence-corrected chi connectivity index (χ4v) is 4.58. The number of methoxy groups -OCH3 is 2. The smallest absolute Gasteiger partial charge is 0.411 e. The van der Waals surface area contributed by atoms with Crippen LogP contribution in [0.15, 0.2) is 42.5 Å². The fraction of sp³-hybridized carbons (Fsp3) is 0.500. The van der Waals surface area contributed by atoms with Crippen molar-refractivity contribution in [3.05, 3.63) is 59.2 Å². The van der Waals surface area contributed by atoms with Gasteiger partial charge in [-0.1, -0.05) is 12.1 Å². The summed E-state index contributed by atoms with van der Waals surface area (Å²) in [6, 6.07) is 12.7. The zero-order valence-corrected chi connectivity index (χ0v) is 23.8. The molecule has 0 N–H and O–H groups in total. The van der Waals surface area contributed by atoms with Crippen molar-refractivity contribution in [2.24, 2.45) is 0 Å². The van der Waals surface area contributed by atoms with E-state index in [1.807, 2.05) is 31.2 Å². The Morgan fingerprint density at radius 1 is 1.08 bits per heavy atom. The van der Waals surface area contributed by atoms with E-state index in [2.05, 4.69) is 0 Å². The van der Waals surface area contributed by atoms with Crippen LogP contribution in [0.4, 0.5) is 4.79 Å². The Labute approximate surface area is 231 Å². The molecule has 1 unspecified atom stereocenters. The molecule has 2 amide bonds. The van der Waals surface area contributed by atoms with E-state index in [-0.39, 0.29) is 24.9 Å². The summed E-state index contributed by atoms with van der Waals surface area (Å²) in [4.78, 5) is 41.9. The van der Waals surface area contributed by atoms with Crippen molar-refractivity contribution in [2.45, 2.75) is 58.6 Å². The standard InChI is InChI=1S/C30H40N2O7/c1-7-38-26-17-25(36-5)14-13-24(26)19-32(29(35)39-30(2,3)4)20-27(33)31-15-9-12-23(18-31)21-10-8-11-22(16-21)28(34)37-6/h8,10-11,13-14,16-17,23H,7,9,12,15,18-20H2,1-6H3. The molecule has 9 heteroatoms. The first-order valence-corrected chi connectivity index (χ1v) is 13.3. The van der Waals surface area contributed by atoms with Crippen LogP contribution in [0.25, 0.3) is 0 Å². The molecule has 0 saturated carbocycles. The van der Waals surface area contributed by atoms with E-state index >= 15 is 0 Å². The molecule has 1 aliphatic rings. The van der Waals surface area contributed by atoms with Crippen LogP contribution < -0.4 is 9.47 Å². The lowest BCUT2D eigenvalue weighted by molar-refractivity contribution is -0.133. The summed E-state index contributed by atoms with van der Waals surface area (Å²) in [6.07, 6.45) is 1.14. The Bertz CT molecular complexity index is 1160. The van der Waals surface area contributed by atoms with Gasteiger partial charge in [-0.15, -0.1) is 0 Å². The molecule has 0 radical (unpaired) electrons. The van der Waals surface area contributed by atoms with Gasteiger partial charge in [0, 0.05) is 30.6 Å². The molecular formula is C30H40N2O7. The second kappa shape index (κ2) is 13.4. The van der Waals surface area contributed by atoms with Crippen molar-refractivity contribution in [2.75, 3.05) is 40.5 Å². The number of amides is 2. The molecule has 1 atom stereocenters. The quantitative estimate of drug-likeness (QED) is 0.412. The van der Waals surface area contributed by atoms with Crippen molar-refractivity contribution in [3.8, 4) is 11.5 Å². The summed E-state index contributed by atoms with van der Waals surface area (Å²) < 4.78 is 21.6. The zero-order chi connectivity index (χ0) is 28.6. The number of hydrogen-bond acceptors (Lipinski definition) is 7. The molecule has 1 fully saturated rings. The second-order valence-corrected chi connectivity index (χ2v) is 10.5. The van der Waals surface area contributed by atoms with Crippen LogP contribution in [0.5, 0.6) is 11.5 Å². The molecule has 9 nitrogen and oxygen atoms in total. The van der Waals surface area contributed by atoms with Crippen LogP contribution >= 0.6 is 0 Å². The van der Waals surface area contributed by atoms with Crippen LogP contribution in [-0.2, 0) is 20.8 Å². The van der Waals surface area contributed by atoms with Crippen LogP contribution in [0.3, 0.4) is 0 Å². The predicted molar refractivity (Wildman–Crippen MR) is 147 cm³/mol. The maximum absolute atomic E-state index is 13.5. The monoisotopic (exact) mass is 540 g/mol. The van der Waals surface area contributed by atoms with Crippen molar-refractivity contribution in [3.63, 3.8) is 0 Å². The van der Waals surface area contributed by atoms with Crippen LogP contribution in [-0.4, -0.2) is 73.8 Å². The van der Waals surface area contributed by atoms with E-state index in [0.29, 0.717) is 36.8 Å². The summed E-state index contributed by atoms with van der Waals surface area (Å²) in [6.45, 7) is 8.80. The van der Waals surface area contributed by atoms with E-state index in [1.165, 1.54) is 12.0 Å². The number of nitrogens with zero attached hydrogens (tertiary/aromatic N) is 2. The average molecular weight is 541 g/mol. The third-order valence-corrected chi connectivity index (χ3v) is 6.47. The van der Waals surface area contributed by atoms with Crippen molar-refractivity contribution < 1.29 is 33.3 Å². The highest BCUT2D eigenvalue weighted by atomic mass is 16.6. The number of hydrogen-bond donors (Lipinski definition) is 0. The summed E-state index contributed by atoms with van der Waals surface area (Å²) in [5.41, 5.74) is 1.49. The van der Waals surface area contributed by atoms with Gasteiger partial charge in [-0.2, -0.15) is 0 Å². The lowest BCUT2D eigenvalue weighted by Crippen LogP contribution is -2.47. The molecule has 2 aromatic rings. The zero-order valence-electron chi connectivity index (χ0n) is 23.8. The summed E-state index contributed by atoms with van der Waals surface area (Å²) in [7, 11) is 2.93. The van der Waals surface area contributed by atoms with E-state index < -0.39 is 17.7 Å². The Kier molecular flexibility index (Phi) is 10.2. The highest BCUT2D eigenvalue weighted by Crippen LogP contribution is 2.29. The van der Waals surface area contributed by atoms with Crippen LogP contribution in [0, 0.1) is 0 Å². The number of piperidine rings is 1. The number of carbonyl (C=O) groups is 3. The largest absolute Gasteiger partial charge is 0.497 e. The van der Waals surface area contributed by atoms with E-state index in [1.54, 1.807) is 51.0 Å². The van der Waals surface area contributed by atoms with Gasteiger partial charge in [-0.25, -0.2) is 9.59 Å². The molecule has 39 heavy (non-hydrogen) atoms.